The fraction of sp³-hybridized carbons (Fsp3) is 0.841. The van der Waals surface area contributed by atoms with Gasteiger partial charge in [0.1, 0.15) is 73.2 Å². The molecule has 512 valence electrons. The van der Waals surface area contributed by atoms with Crippen molar-refractivity contribution in [2.75, 3.05) is 26.4 Å². The number of ether oxygens (including phenoxy) is 6. The highest BCUT2D eigenvalue weighted by Gasteiger charge is 2.53. The first-order chi connectivity index (χ1) is 42.8. The molecule has 3 rings (SSSR count). The Balaban J connectivity index is 1.43. The minimum atomic E-state index is -1.98. The molecule has 19 heteroatoms. The second kappa shape index (κ2) is 51.0. The van der Waals surface area contributed by atoms with E-state index in [1.165, 1.54) is 154 Å². The quantitative estimate of drug-likeness (QED) is 0.0200. The molecule has 0 aromatic heterocycles. The number of carbonyl (C=O) groups is 1. The Morgan fingerprint density at radius 2 is 0.761 bits per heavy atom. The maximum atomic E-state index is 13.4. The largest absolute Gasteiger partial charge is 0.394 e. The molecular formula is C69H123NO18. The average molecular weight is 1250 g/mol. The summed E-state index contributed by atoms with van der Waals surface area (Å²) < 4.78 is 34.3. The minimum Gasteiger partial charge on any atom is -0.394 e. The zero-order valence-corrected chi connectivity index (χ0v) is 53.9. The fourth-order valence-corrected chi connectivity index (χ4v) is 11.4. The van der Waals surface area contributed by atoms with Crippen LogP contribution < -0.4 is 5.32 Å². The van der Waals surface area contributed by atoms with Gasteiger partial charge in [-0.25, -0.2) is 0 Å². The fourth-order valence-electron chi connectivity index (χ4n) is 11.4. The number of allylic oxidation sites excluding steroid dienone is 9. The highest BCUT2D eigenvalue weighted by Crippen LogP contribution is 2.33. The van der Waals surface area contributed by atoms with E-state index in [1.807, 2.05) is 6.08 Å². The maximum Gasteiger partial charge on any atom is 0.220 e. The van der Waals surface area contributed by atoms with Crippen molar-refractivity contribution >= 4 is 5.91 Å². The standard InChI is InChI=1S/C69H123NO18/c1-3-5-7-9-11-13-15-17-19-21-22-23-24-25-26-27-28-29-30-31-33-35-37-39-41-43-45-47-57(75)70-52(53(74)46-44-42-40-38-36-34-32-20-18-16-14-12-10-8-6-4-2)51-83-67-63(81)60(78)65(55(49-72)85-67)88-69-64(82)61(79)66(56(50-73)86-69)87-68-62(80)59(77)58(76)54(48-71)84-68/h15,17-18,20-22,36,38,44,46,52-56,58-69,71-74,76-82H,3-14,16,19,23-35,37,39-43,45,47-51H2,1-2H3,(H,70,75)/b17-15-,20-18+,22-21-,38-36+,46-44+. The lowest BCUT2D eigenvalue weighted by molar-refractivity contribution is -0.379. The van der Waals surface area contributed by atoms with E-state index in [-0.39, 0.29) is 18.9 Å². The molecule has 17 unspecified atom stereocenters. The lowest BCUT2D eigenvalue weighted by atomic mass is 9.96. The van der Waals surface area contributed by atoms with Gasteiger partial charge < -0.3 is 89.9 Å². The first kappa shape index (κ1) is 79.7. The highest BCUT2D eigenvalue weighted by atomic mass is 16.8. The molecule has 88 heavy (non-hydrogen) atoms. The Morgan fingerprint density at radius 1 is 0.409 bits per heavy atom. The van der Waals surface area contributed by atoms with Gasteiger partial charge in [-0.05, 0) is 77.0 Å². The van der Waals surface area contributed by atoms with E-state index in [2.05, 4.69) is 67.8 Å². The first-order valence-electron chi connectivity index (χ1n) is 34.5. The van der Waals surface area contributed by atoms with Gasteiger partial charge in [0.25, 0.3) is 0 Å². The van der Waals surface area contributed by atoms with Crippen LogP contribution in [-0.2, 0) is 33.2 Å². The van der Waals surface area contributed by atoms with Crippen molar-refractivity contribution in [3.05, 3.63) is 60.8 Å². The van der Waals surface area contributed by atoms with Crippen molar-refractivity contribution in [3.63, 3.8) is 0 Å². The van der Waals surface area contributed by atoms with Gasteiger partial charge in [-0.3, -0.25) is 4.79 Å². The van der Waals surface area contributed by atoms with Crippen LogP contribution in [0.5, 0.6) is 0 Å². The molecule has 3 heterocycles. The second-order valence-corrected chi connectivity index (χ2v) is 24.6. The molecule has 0 spiro atoms. The predicted octanol–water partition coefficient (Wildman–Crippen LogP) is 8.77. The summed E-state index contributed by atoms with van der Waals surface area (Å²) >= 11 is 0. The molecule has 3 aliphatic heterocycles. The molecule has 0 saturated carbocycles. The summed E-state index contributed by atoms with van der Waals surface area (Å²) in [6, 6.07) is -0.998. The SMILES string of the molecule is CCCCCCC/C=C\C/C=C\CCCCCCCCCCCCCCCCCC(=O)NC(COC1OC(CO)C(OC2OC(CO)C(OC3OC(CO)C(O)C(O)C3O)C(O)C2O)C(O)C1O)C(O)/C=C/CC/C=C/CC/C=C/CCCCCCCC. The normalized spacial score (nSPS) is 28.8. The molecule has 1 amide bonds. The van der Waals surface area contributed by atoms with Crippen LogP contribution in [0.15, 0.2) is 60.8 Å². The van der Waals surface area contributed by atoms with Crippen LogP contribution >= 0.6 is 0 Å². The molecular weight excluding hydrogens is 1130 g/mol. The van der Waals surface area contributed by atoms with Crippen molar-refractivity contribution in [3.8, 4) is 0 Å². The Morgan fingerprint density at radius 3 is 1.20 bits per heavy atom. The maximum absolute atomic E-state index is 13.4. The molecule has 0 radical (unpaired) electrons. The zero-order valence-electron chi connectivity index (χ0n) is 53.9. The van der Waals surface area contributed by atoms with Gasteiger partial charge in [0.05, 0.1) is 38.6 Å². The molecule has 19 nitrogen and oxygen atoms in total. The number of unbranched alkanes of at least 4 members (excludes halogenated alkanes) is 28. The van der Waals surface area contributed by atoms with Crippen LogP contribution in [0.4, 0.5) is 0 Å². The topological polar surface area (TPSA) is 307 Å². The Labute approximate surface area is 528 Å². The van der Waals surface area contributed by atoms with Crippen LogP contribution in [0.1, 0.15) is 239 Å². The van der Waals surface area contributed by atoms with Crippen LogP contribution in [0.3, 0.4) is 0 Å². The summed E-state index contributed by atoms with van der Waals surface area (Å²) in [5.41, 5.74) is 0. The van der Waals surface area contributed by atoms with Crippen molar-refractivity contribution in [1.29, 1.82) is 0 Å². The number of hydrogen-bond acceptors (Lipinski definition) is 18. The van der Waals surface area contributed by atoms with Crippen LogP contribution in [0.25, 0.3) is 0 Å². The summed E-state index contributed by atoms with van der Waals surface area (Å²) in [5.74, 6) is -0.290. The minimum absolute atomic E-state index is 0.231. The second-order valence-electron chi connectivity index (χ2n) is 24.6. The van der Waals surface area contributed by atoms with Crippen molar-refractivity contribution in [2.24, 2.45) is 0 Å². The molecule has 0 bridgehead atoms. The molecule has 0 aliphatic carbocycles. The summed E-state index contributed by atoms with van der Waals surface area (Å²) in [4.78, 5) is 13.4. The summed E-state index contributed by atoms with van der Waals surface area (Å²) in [5, 5.41) is 120. The first-order valence-corrected chi connectivity index (χ1v) is 34.5. The van der Waals surface area contributed by atoms with Gasteiger partial charge in [0, 0.05) is 6.42 Å². The van der Waals surface area contributed by atoms with Gasteiger partial charge in [-0.15, -0.1) is 0 Å². The molecule has 17 atom stereocenters. The van der Waals surface area contributed by atoms with Crippen molar-refractivity contribution < 1.29 is 89.4 Å². The average Bonchev–Trinajstić information content (AvgIpc) is 3.39. The van der Waals surface area contributed by atoms with Crippen LogP contribution in [-0.4, -0.2) is 193 Å². The third kappa shape index (κ3) is 32.9. The van der Waals surface area contributed by atoms with E-state index in [4.69, 9.17) is 28.4 Å². The molecule has 12 N–H and O–H groups in total. The number of amides is 1. The van der Waals surface area contributed by atoms with Crippen molar-refractivity contribution in [1.82, 2.24) is 5.32 Å². The predicted molar refractivity (Wildman–Crippen MR) is 342 cm³/mol. The van der Waals surface area contributed by atoms with Gasteiger partial charge in [0.15, 0.2) is 18.9 Å². The Hall–Kier alpha value is -2.51. The molecule has 0 aromatic rings. The number of rotatable bonds is 52. The number of aliphatic hydroxyl groups excluding tert-OH is 11. The van der Waals surface area contributed by atoms with E-state index in [0.29, 0.717) is 12.8 Å². The number of hydrogen-bond donors (Lipinski definition) is 12. The van der Waals surface area contributed by atoms with E-state index in [9.17, 15) is 61.0 Å². The van der Waals surface area contributed by atoms with E-state index in [0.717, 1.165) is 51.4 Å². The van der Waals surface area contributed by atoms with E-state index >= 15 is 0 Å². The summed E-state index contributed by atoms with van der Waals surface area (Å²) in [6.45, 7) is 1.69. The van der Waals surface area contributed by atoms with Gasteiger partial charge in [-0.2, -0.15) is 0 Å². The van der Waals surface area contributed by atoms with Crippen LogP contribution in [0.2, 0.25) is 0 Å². The lowest BCUT2D eigenvalue weighted by Gasteiger charge is -2.48. The molecule has 0 aromatic carbocycles. The van der Waals surface area contributed by atoms with Gasteiger partial charge in [-0.1, -0.05) is 216 Å². The van der Waals surface area contributed by atoms with E-state index in [1.54, 1.807) is 6.08 Å². The monoisotopic (exact) mass is 1250 g/mol. The zero-order chi connectivity index (χ0) is 64.0. The smallest absolute Gasteiger partial charge is 0.220 e. The van der Waals surface area contributed by atoms with E-state index < -0.39 is 124 Å². The number of nitrogens with one attached hydrogen (secondary N) is 1. The summed E-state index contributed by atoms with van der Waals surface area (Å²) in [7, 11) is 0. The number of aliphatic hydroxyl groups is 11. The number of carbonyl (C=O) groups excluding carboxylic acids is 1. The molecule has 3 saturated heterocycles. The van der Waals surface area contributed by atoms with Crippen molar-refractivity contribution in [2.45, 2.75) is 343 Å². The van der Waals surface area contributed by atoms with Gasteiger partial charge in [0.2, 0.25) is 5.91 Å². The Kier molecular flexibility index (Phi) is 46.2. The molecule has 3 aliphatic rings. The third-order valence-corrected chi connectivity index (χ3v) is 17.0. The van der Waals surface area contributed by atoms with Crippen LogP contribution in [0, 0.1) is 0 Å². The molecule has 3 fully saturated rings. The highest BCUT2D eigenvalue weighted by molar-refractivity contribution is 5.76. The van der Waals surface area contributed by atoms with Gasteiger partial charge >= 0.3 is 0 Å². The third-order valence-electron chi connectivity index (χ3n) is 17.0. The lowest BCUT2D eigenvalue weighted by Crippen LogP contribution is -2.66. The Bertz CT molecular complexity index is 1830. The summed E-state index contributed by atoms with van der Waals surface area (Å²) in [6.07, 6.45) is 34.9.